The molecule has 0 fully saturated rings. The number of nitrogens with zero attached hydrogens (tertiary/aromatic N) is 4. The van der Waals surface area contributed by atoms with Gasteiger partial charge in [0.25, 0.3) is 5.91 Å². The summed E-state index contributed by atoms with van der Waals surface area (Å²) in [4.78, 5) is 16.2. The highest BCUT2D eigenvalue weighted by Gasteiger charge is 2.13. The maximum atomic E-state index is 12.3. The number of benzene rings is 1. The van der Waals surface area contributed by atoms with E-state index in [-0.39, 0.29) is 11.6 Å². The predicted octanol–water partition coefficient (Wildman–Crippen LogP) is 2.56. The number of carbonyl (C=O) groups is 1. The number of anilines is 1. The second kappa shape index (κ2) is 6.44. The van der Waals surface area contributed by atoms with Crippen molar-refractivity contribution in [3.05, 3.63) is 72.6 Å². The van der Waals surface area contributed by atoms with Crippen LogP contribution in [-0.4, -0.2) is 30.9 Å². The molecule has 0 saturated carbocycles. The largest absolute Gasteiger partial charge is 0.463 e. The van der Waals surface area contributed by atoms with Crippen LogP contribution in [0.25, 0.3) is 11.5 Å². The summed E-state index contributed by atoms with van der Waals surface area (Å²) in [6.45, 7) is 0.625. The summed E-state index contributed by atoms with van der Waals surface area (Å²) in [7, 11) is 0. The van der Waals surface area contributed by atoms with E-state index < -0.39 is 0 Å². The van der Waals surface area contributed by atoms with Gasteiger partial charge in [-0.25, -0.2) is 9.67 Å². The van der Waals surface area contributed by atoms with Crippen molar-refractivity contribution in [1.82, 2.24) is 25.0 Å². The molecule has 0 radical (unpaired) electrons. The van der Waals surface area contributed by atoms with Crippen LogP contribution in [0.5, 0.6) is 0 Å². The normalized spacial score (nSPS) is 10.7. The average Bonchev–Trinajstić information content (AvgIpc) is 3.38. The van der Waals surface area contributed by atoms with Gasteiger partial charge < -0.3 is 9.73 Å². The minimum Gasteiger partial charge on any atom is -0.463 e. The molecule has 124 valence electrons. The smallest absolute Gasteiger partial charge is 0.276 e. The van der Waals surface area contributed by atoms with Gasteiger partial charge in [-0.2, -0.15) is 10.2 Å². The fraction of sp³-hybridized carbons (Fsp3) is 0.0588. The summed E-state index contributed by atoms with van der Waals surface area (Å²) in [6.07, 6.45) is 4.72. The number of furan rings is 1. The number of aromatic nitrogens is 5. The van der Waals surface area contributed by atoms with E-state index >= 15 is 0 Å². The van der Waals surface area contributed by atoms with Gasteiger partial charge in [-0.1, -0.05) is 12.1 Å². The molecule has 4 aromatic rings. The van der Waals surface area contributed by atoms with Gasteiger partial charge in [0.05, 0.1) is 12.8 Å². The van der Waals surface area contributed by atoms with Crippen LogP contribution >= 0.6 is 0 Å². The molecule has 1 aromatic carbocycles. The van der Waals surface area contributed by atoms with Crippen molar-refractivity contribution in [3.8, 4) is 11.5 Å². The molecule has 25 heavy (non-hydrogen) atoms. The summed E-state index contributed by atoms with van der Waals surface area (Å²) in [6, 6.07) is 12.7. The molecule has 3 aromatic heterocycles. The van der Waals surface area contributed by atoms with Gasteiger partial charge in [-0.15, -0.1) is 0 Å². The molecule has 0 unspecified atom stereocenters. The van der Waals surface area contributed by atoms with Crippen molar-refractivity contribution in [2.75, 3.05) is 5.32 Å². The van der Waals surface area contributed by atoms with Crippen molar-refractivity contribution < 1.29 is 9.21 Å². The van der Waals surface area contributed by atoms with Crippen LogP contribution in [0.1, 0.15) is 16.1 Å². The minimum atomic E-state index is -0.293. The molecular formula is C17H14N6O2. The average molecular weight is 334 g/mol. The first kappa shape index (κ1) is 14.9. The van der Waals surface area contributed by atoms with E-state index in [0.717, 1.165) is 5.56 Å². The third-order valence-electron chi connectivity index (χ3n) is 3.62. The van der Waals surface area contributed by atoms with Crippen molar-refractivity contribution >= 4 is 11.6 Å². The zero-order valence-electron chi connectivity index (χ0n) is 13.1. The van der Waals surface area contributed by atoms with Crippen LogP contribution in [0.3, 0.4) is 0 Å². The Morgan fingerprint density at radius 3 is 2.84 bits per heavy atom. The Bertz CT molecular complexity index is 955. The quantitative estimate of drug-likeness (QED) is 0.584. The summed E-state index contributed by atoms with van der Waals surface area (Å²) >= 11 is 0. The summed E-state index contributed by atoms with van der Waals surface area (Å²) in [5.74, 6) is 0.335. The van der Waals surface area contributed by atoms with Crippen LogP contribution in [0.15, 0.2) is 65.8 Å². The Kier molecular flexibility index (Phi) is 3.83. The molecule has 8 heteroatoms. The van der Waals surface area contributed by atoms with Gasteiger partial charge in [0.2, 0.25) is 0 Å². The highest BCUT2D eigenvalue weighted by atomic mass is 16.3. The van der Waals surface area contributed by atoms with Gasteiger partial charge in [0.1, 0.15) is 18.3 Å². The van der Waals surface area contributed by atoms with Crippen LogP contribution < -0.4 is 5.32 Å². The predicted molar refractivity (Wildman–Crippen MR) is 89.8 cm³/mol. The number of rotatable bonds is 5. The van der Waals surface area contributed by atoms with Crippen molar-refractivity contribution in [3.63, 3.8) is 0 Å². The van der Waals surface area contributed by atoms with E-state index in [1.807, 2.05) is 24.3 Å². The Hall–Kier alpha value is -3.68. The number of hydrogen-bond acceptors (Lipinski definition) is 5. The fourth-order valence-electron chi connectivity index (χ4n) is 2.39. The lowest BCUT2D eigenvalue weighted by Crippen LogP contribution is -2.12. The van der Waals surface area contributed by atoms with Crippen molar-refractivity contribution in [2.24, 2.45) is 0 Å². The molecule has 0 aliphatic rings. The highest BCUT2D eigenvalue weighted by Crippen LogP contribution is 2.18. The molecule has 0 spiro atoms. The van der Waals surface area contributed by atoms with E-state index in [0.29, 0.717) is 23.7 Å². The third-order valence-corrected chi connectivity index (χ3v) is 3.62. The summed E-state index contributed by atoms with van der Waals surface area (Å²) < 4.78 is 7.00. The molecular weight excluding hydrogens is 320 g/mol. The van der Waals surface area contributed by atoms with E-state index in [1.165, 1.54) is 6.33 Å². The first-order chi connectivity index (χ1) is 12.3. The number of aromatic amines is 1. The Morgan fingerprint density at radius 1 is 1.24 bits per heavy atom. The molecule has 0 aliphatic carbocycles. The van der Waals surface area contributed by atoms with Gasteiger partial charge in [-0.3, -0.25) is 9.89 Å². The maximum absolute atomic E-state index is 12.3. The molecule has 0 bridgehead atoms. The van der Waals surface area contributed by atoms with E-state index in [4.69, 9.17) is 4.42 Å². The standard InChI is InChI=1S/C17H14N6O2/c24-17(15-8-14(21-22-15)16-2-1-7-25-16)20-13-5-3-12(4-6-13)9-23-11-18-10-19-23/h1-8,10-11H,9H2,(H,20,24)(H,21,22). The van der Waals surface area contributed by atoms with E-state index in [2.05, 4.69) is 25.6 Å². The first-order valence-corrected chi connectivity index (χ1v) is 7.60. The lowest BCUT2D eigenvalue weighted by Gasteiger charge is -2.05. The Labute approximate surface area is 142 Å². The maximum Gasteiger partial charge on any atom is 0.276 e. The van der Waals surface area contributed by atoms with Gasteiger partial charge in [0.15, 0.2) is 11.5 Å². The molecule has 4 rings (SSSR count). The SMILES string of the molecule is O=C(Nc1ccc(Cn2cncn2)cc1)c1cc(-c2ccco2)[nH]n1. The highest BCUT2D eigenvalue weighted by molar-refractivity contribution is 6.03. The summed E-state index contributed by atoms with van der Waals surface area (Å²) in [5.41, 5.74) is 2.69. The molecule has 3 heterocycles. The van der Waals surface area contributed by atoms with Gasteiger partial charge in [-0.05, 0) is 29.8 Å². The second-order valence-corrected chi connectivity index (χ2v) is 5.39. The van der Waals surface area contributed by atoms with Crippen LogP contribution in [0.2, 0.25) is 0 Å². The van der Waals surface area contributed by atoms with Gasteiger partial charge in [0, 0.05) is 11.8 Å². The lowest BCUT2D eigenvalue weighted by atomic mass is 10.2. The number of amides is 1. The molecule has 2 N–H and O–H groups in total. The van der Waals surface area contributed by atoms with Crippen LogP contribution in [0.4, 0.5) is 5.69 Å². The van der Waals surface area contributed by atoms with Crippen LogP contribution in [-0.2, 0) is 6.54 Å². The number of carbonyl (C=O) groups excluding carboxylic acids is 1. The second-order valence-electron chi connectivity index (χ2n) is 5.39. The number of H-pyrrole nitrogens is 1. The Morgan fingerprint density at radius 2 is 2.12 bits per heavy atom. The minimum absolute atomic E-state index is 0.290. The topological polar surface area (TPSA) is 102 Å². The Balaban J connectivity index is 1.42. The number of hydrogen-bond donors (Lipinski definition) is 2. The summed E-state index contributed by atoms with van der Waals surface area (Å²) in [5, 5.41) is 13.7. The lowest BCUT2D eigenvalue weighted by molar-refractivity contribution is 0.102. The van der Waals surface area contributed by atoms with Gasteiger partial charge >= 0.3 is 0 Å². The molecule has 0 atom stereocenters. The third kappa shape index (κ3) is 3.32. The zero-order chi connectivity index (χ0) is 17.1. The number of nitrogens with one attached hydrogen (secondary N) is 2. The molecule has 1 amide bonds. The fourth-order valence-corrected chi connectivity index (χ4v) is 2.39. The first-order valence-electron chi connectivity index (χ1n) is 7.60. The van der Waals surface area contributed by atoms with E-state index in [9.17, 15) is 4.79 Å². The van der Waals surface area contributed by atoms with Crippen LogP contribution in [0, 0.1) is 0 Å². The molecule has 0 aliphatic heterocycles. The van der Waals surface area contributed by atoms with Crippen molar-refractivity contribution in [2.45, 2.75) is 6.54 Å². The van der Waals surface area contributed by atoms with Crippen molar-refractivity contribution in [1.29, 1.82) is 0 Å². The zero-order valence-corrected chi connectivity index (χ0v) is 13.1. The van der Waals surface area contributed by atoms with E-state index in [1.54, 1.807) is 35.5 Å². The molecule has 0 saturated heterocycles. The molecule has 8 nitrogen and oxygen atoms in total. The monoisotopic (exact) mass is 334 g/mol.